The molecule has 0 rings (SSSR count). The lowest BCUT2D eigenvalue weighted by atomic mass is 10.6. The van der Waals surface area contributed by atoms with Crippen LogP contribution in [-0.4, -0.2) is 25.7 Å². The summed E-state index contributed by atoms with van der Waals surface area (Å²) in [6.07, 6.45) is 0. The smallest absolute Gasteiger partial charge is 0.329 e. The van der Waals surface area contributed by atoms with Crippen molar-refractivity contribution in [1.82, 2.24) is 0 Å². The number of carbonyl (C=O) groups is 1. The monoisotopic (exact) mass is 178 g/mol. The second-order valence-corrected chi connectivity index (χ2v) is 2.16. The highest BCUT2D eigenvalue weighted by Crippen LogP contribution is 2.13. The summed E-state index contributed by atoms with van der Waals surface area (Å²) in [5.41, 5.74) is 0. The summed E-state index contributed by atoms with van der Waals surface area (Å²) >= 11 is 0. The van der Waals surface area contributed by atoms with E-state index in [4.69, 9.17) is 9.47 Å². The van der Waals surface area contributed by atoms with Gasteiger partial charge in [0.15, 0.2) is 0 Å². The Morgan fingerprint density at radius 2 is 2.08 bits per heavy atom. The summed E-state index contributed by atoms with van der Waals surface area (Å²) in [6.45, 7) is 4.89. The molecule has 1 unspecified atom stereocenters. The molecule has 5 heteroatoms. The molecule has 0 aliphatic heterocycles. The lowest BCUT2D eigenvalue weighted by molar-refractivity contribution is -0.475. The maximum atomic E-state index is 10.4. The van der Waals surface area contributed by atoms with Gasteiger partial charge in [-0.25, -0.2) is 4.79 Å². The van der Waals surface area contributed by atoms with Crippen LogP contribution >= 0.6 is 0 Å². The molecule has 0 aliphatic carbocycles. The lowest BCUT2D eigenvalue weighted by Gasteiger charge is -2.24. The second-order valence-electron chi connectivity index (χ2n) is 2.16. The van der Waals surface area contributed by atoms with Crippen molar-refractivity contribution < 1.29 is 24.0 Å². The summed E-state index contributed by atoms with van der Waals surface area (Å²) in [4.78, 5) is 19.2. The molecule has 5 nitrogen and oxygen atoms in total. The Hall–Kier alpha value is -0.650. The van der Waals surface area contributed by atoms with Crippen LogP contribution in [0.25, 0.3) is 0 Å². The third-order valence-corrected chi connectivity index (χ3v) is 1.09. The van der Waals surface area contributed by atoms with Crippen molar-refractivity contribution in [1.29, 1.82) is 0 Å². The van der Waals surface area contributed by atoms with Crippen molar-refractivity contribution in [2.24, 2.45) is 0 Å². The van der Waals surface area contributed by atoms with Crippen LogP contribution in [-0.2, 0) is 24.0 Å². The van der Waals surface area contributed by atoms with E-state index in [0.717, 1.165) is 0 Å². The number of methoxy groups -OCH3 is 1. The van der Waals surface area contributed by atoms with Crippen molar-refractivity contribution >= 4 is 5.97 Å². The molecule has 0 saturated carbocycles. The SMILES string of the molecule is CCOC(C)(OC)OOC(C)=O. The van der Waals surface area contributed by atoms with Gasteiger partial charge in [-0.15, -0.1) is 4.89 Å². The quantitative estimate of drug-likeness (QED) is 0.354. The van der Waals surface area contributed by atoms with Gasteiger partial charge in [0.1, 0.15) is 0 Å². The van der Waals surface area contributed by atoms with Crippen molar-refractivity contribution in [2.75, 3.05) is 13.7 Å². The molecule has 0 amide bonds. The van der Waals surface area contributed by atoms with Gasteiger partial charge in [0.2, 0.25) is 0 Å². The molecule has 0 heterocycles. The predicted octanol–water partition coefficient (Wildman–Crippen LogP) is 0.838. The number of carbonyl (C=O) groups excluding carboxylic acids is 1. The van der Waals surface area contributed by atoms with Crippen molar-refractivity contribution in [3.8, 4) is 0 Å². The zero-order valence-corrected chi connectivity index (χ0v) is 7.75. The fraction of sp³-hybridized carbons (Fsp3) is 0.857. The summed E-state index contributed by atoms with van der Waals surface area (Å²) in [5.74, 6) is -1.88. The number of rotatable bonds is 5. The molecule has 0 aliphatic rings. The Kier molecular flexibility index (Phi) is 4.80. The van der Waals surface area contributed by atoms with Crippen LogP contribution in [0, 0.1) is 0 Å². The Labute approximate surface area is 71.5 Å². The van der Waals surface area contributed by atoms with E-state index in [9.17, 15) is 4.79 Å². The Morgan fingerprint density at radius 3 is 2.42 bits per heavy atom. The van der Waals surface area contributed by atoms with Gasteiger partial charge in [0.05, 0.1) is 0 Å². The topological polar surface area (TPSA) is 54.0 Å². The lowest BCUT2D eigenvalue weighted by Crippen LogP contribution is -2.35. The molecule has 0 aromatic carbocycles. The fourth-order valence-corrected chi connectivity index (χ4v) is 0.514. The molecule has 0 spiro atoms. The van der Waals surface area contributed by atoms with E-state index in [1.54, 1.807) is 6.92 Å². The first-order valence-corrected chi connectivity index (χ1v) is 3.59. The molecule has 12 heavy (non-hydrogen) atoms. The summed E-state index contributed by atoms with van der Waals surface area (Å²) < 4.78 is 9.81. The highest BCUT2D eigenvalue weighted by atomic mass is 17.3. The summed E-state index contributed by atoms with van der Waals surface area (Å²) in [5, 5.41) is 0. The molecule has 0 N–H and O–H groups in total. The van der Waals surface area contributed by atoms with Gasteiger partial charge in [-0.1, -0.05) is 0 Å². The van der Waals surface area contributed by atoms with Gasteiger partial charge >= 0.3 is 11.9 Å². The molecule has 0 aromatic heterocycles. The van der Waals surface area contributed by atoms with E-state index >= 15 is 0 Å². The highest BCUT2D eigenvalue weighted by Gasteiger charge is 2.27. The average Bonchev–Trinajstić information content (AvgIpc) is 2.02. The van der Waals surface area contributed by atoms with E-state index in [2.05, 4.69) is 9.78 Å². The number of hydrogen-bond donors (Lipinski definition) is 0. The van der Waals surface area contributed by atoms with Gasteiger partial charge in [-0.3, -0.25) is 4.89 Å². The van der Waals surface area contributed by atoms with Gasteiger partial charge in [-0.2, -0.15) is 0 Å². The van der Waals surface area contributed by atoms with Crippen LogP contribution in [0.2, 0.25) is 0 Å². The first kappa shape index (κ1) is 11.4. The summed E-state index contributed by atoms with van der Waals surface area (Å²) in [6, 6.07) is 0. The normalized spacial score (nSPS) is 15.3. The van der Waals surface area contributed by atoms with Gasteiger partial charge in [0.25, 0.3) is 0 Å². The van der Waals surface area contributed by atoms with Crippen molar-refractivity contribution in [3.63, 3.8) is 0 Å². The van der Waals surface area contributed by atoms with Crippen LogP contribution in [0.4, 0.5) is 0 Å². The van der Waals surface area contributed by atoms with Gasteiger partial charge in [-0.05, 0) is 6.92 Å². The number of ether oxygens (including phenoxy) is 2. The average molecular weight is 178 g/mol. The Bertz CT molecular complexity index is 147. The van der Waals surface area contributed by atoms with Crippen molar-refractivity contribution in [3.05, 3.63) is 0 Å². The van der Waals surface area contributed by atoms with Crippen LogP contribution in [0.15, 0.2) is 0 Å². The Balaban J connectivity index is 3.86. The molecule has 72 valence electrons. The first-order valence-electron chi connectivity index (χ1n) is 3.59. The molecular formula is C7H14O5. The largest absolute Gasteiger partial charge is 0.339 e. The Morgan fingerprint density at radius 1 is 1.50 bits per heavy atom. The number of hydrogen-bond acceptors (Lipinski definition) is 5. The van der Waals surface area contributed by atoms with E-state index in [1.165, 1.54) is 21.0 Å². The van der Waals surface area contributed by atoms with E-state index < -0.39 is 11.9 Å². The first-order chi connectivity index (χ1) is 5.54. The zero-order chi connectivity index (χ0) is 9.61. The minimum absolute atomic E-state index is 0.394. The maximum Gasteiger partial charge on any atom is 0.339 e. The van der Waals surface area contributed by atoms with Crippen LogP contribution in [0.3, 0.4) is 0 Å². The molecule has 0 aromatic rings. The third kappa shape index (κ3) is 4.27. The van der Waals surface area contributed by atoms with Gasteiger partial charge in [0, 0.05) is 27.6 Å². The van der Waals surface area contributed by atoms with E-state index in [1.807, 2.05) is 0 Å². The standard InChI is InChI=1S/C7H14O5/c1-5-10-7(3,9-4)12-11-6(2)8/h5H2,1-4H3. The maximum absolute atomic E-state index is 10.4. The fourth-order valence-electron chi connectivity index (χ4n) is 0.514. The van der Waals surface area contributed by atoms with E-state index in [-0.39, 0.29) is 0 Å². The minimum atomic E-state index is -1.32. The van der Waals surface area contributed by atoms with E-state index in [0.29, 0.717) is 6.61 Å². The van der Waals surface area contributed by atoms with Crippen LogP contribution < -0.4 is 0 Å². The van der Waals surface area contributed by atoms with Gasteiger partial charge < -0.3 is 9.47 Å². The predicted molar refractivity (Wildman–Crippen MR) is 39.9 cm³/mol. The molecule has 0 radical (unpaired) electrons. The molecule has 0 fully saturated rings. The summed E-state index contributed by atoms with van der Waals surface area (Å²) in [7, 11) is 1.39. The van der Waals surface area contributed by atoms with Crippen LogP contribution in [0.1, 0.15) is 20.8 Å². The molecule has 0 bridgehead atoms. The minimum Gasteiger partial charge on any atom is -0.329 e. The van der Waals surface area contributed by atoms with Crippen LogP contribution in [0.5, 0.6) is 0 Å². The second kappa shape index (κ2) is 5.08. The molecular weight excluding hydrogens is 164 g/mol. The zero-order valence-electron chi connectivity index (χ0n) is 7.75. The highest BCUT2D eigenvalue weighted by molar-refractivity contribution is 5.65. The third-order valence-electron chi connectivity index (χ3n) is 1.09. The molecule has 0 saturated heterocycles. The van der Waals surface area contributed by atoms with Crippen molar-refractivity contribution in [2.45, 2.75) is 26.7 Å². The molecule has 1 atom stereocenters.